The highest BCUT2D eigenvalue weighted by Crippen LogP contribution is 2.40. The van der Waals surface area contributed by atoms with E-state index in [1.165, 1.54) is 57.1 Å². The van der Waals surface area contributed by atoms with Gasteiger partial charge >= 0.3 is 0 Å². The summed E-state index contributed by atoms with van der Waals surface area (Å²) >= 11 is 0. The van der Waals surface area contributed by atoms with Crippen LogP contribution in [0.5, 0.6) is 0 Å². The summed E-state index contributed by atoms with van der Waals surface area (Å²) in [6.07, 6.45) is 12.3. The van der Waals surface area contributed by atoms with Gasteiger partial charge in [-0.1, -0.05) is 25.5 Å². The summed E-state index contributed by atoms with van der Waals surface area (Å²) in [6.45, 7) is 6.08. The van der Waals surface area contributed by atoms with E-state index in [0.29, 0.717) is 0 Å². The summed E-state index contributed by atoms with van der Waals surface area (Å²) < 4.78 is 0. The molecule has 16 heavy (non-hydrogen) atoms. The monoisotopic (exact) mass is 217 g/mol. The van der Waals surface area contributed by atoms with Crippen molar-refractivity contribution in [2.24, 2.45) is 0 Å². The van der Waals surface area contributed by atoms with Gasteiger partial charge in [0.25, 0.3) is 0 Å². The number of hydrogen-bond donors (Lipinski definition) is 1. The van der Waals surface area contributed by atoms with E-state index >= 15 is 0 Å². The van der Waals surface area contributed by atoms with Crippen LogP contribution in [0.15, 0.2) is 35.2 Å². The second-order valence-electron chi connectivity index (χ2n) is 4.87. The molecule has 0 fully saturated rings. The van der Waals surface area contributed by atoms with Crippen LogP contribution in [-0.4, -0.2) is 0 Å². The third kappa shape index (κ3) is 2.23. The van der Waals surface area contributed by atoms with Crippen LogP contribution in [0.1, 0.15) is 58.3 Å². The van der Waals surface area contributed by atoms with Gasteiger partial charge in [0.2, 0.25) is 0 Å². The van der Waals surface area contributed by atoms with Crippen molar-refractivity contribution < 1.29 is 0 Å². The molecule has 2 aliphatic carbocycles. The summed E-state index contributed by atoms with van der Waals surface area (Å²) in [6, 6.07) is 0. The molecule has 0 radical (unpaired) electrons. The predicted molar refractivity (Wildman–Crippen MR) is 70.0 cm³/mol. The maximum Gasteiger partial charge on any atom is 0.0403 e. The van der Waals surface area contributed by atoms with Crippen molar-refractivity contribution in [1.29, 1.82) is 0 Å². The van der Waals surface area contributed by atoms with Crippen LogP contribution in [0.2, 0.25) is 0 Å². The minimum atomic E-state index is 1.27. The lowest BCUT2D eigenvalue weighted by atomic mass is 9.88. The molecule has 0 aromatic carbocycles. The van der Waals surface area contributed by atoms with Gasteiger partial charge in [-0.05, 0) is 62.3 Å². The van der Waals surface area contributed by atoms with Crippen molar-refractivity contribution in [1.82, 2.24) is 5.32 Å². The minimum Gasteiger partial charge on any atom is -0.362 e. The maximum atomic E-state index is 3.82. The third-order valence-electron chi connectivity index (χ3n) is 3.79. The largest absolute Gasteiger partial charge is 0.362 e. The molecule has 0 bridgehead atoms. The summed E-state index contributed by atoms with van der Waals surface area (Å²) in [7, 11) is 0. The molecule has 0 saturated heterocycles. The lowest BCUT2D eigenvalue weighted by molar-refractivity contribution is 0.714. The van der Waals surface area contributed by atoms with Crippen molar-refractivity contribution in [2.75, 3.05) is 0 Å². The molecule has 0 aromatic heterocycles. The average Bonchev–Trinajstić information content (AvgIpc) is 2.76. The van der Waals surface area contributed by atoms with Crippen molar-refractivity contribution in [3.63, 3.8) is 0 Å². The fourth-order valence-electron chi connectivity index (χ4n) is 2.96. The van der Waals surface area contributed by atoms with Gasteiger partial charge < -0.3 is 5.32 Å². The Labute approximate surface area is 99.3 Å². The van der Waals surface area contributed by atoms with Crippen LogP contribution in [0.3, 0.4) is 0 Å². The molecule has 0 unspecified atom stereocenters. The van der Waals surface area contributed by atoms with Crippen molar-refractivity contribution in [2.45, 2.75) is 58.3 Å². The van der Waals surface area contributed by atoms with E-state index in [0.717, 1.165) is 0 Å². The highest BCUT2D eigenvalue weighted by atomic mass is 14.9. The number of allylic oxidation sites excluding steroid dienone is 3. The summed E-state index contributed by atoms with van der Waals surface area (Å²) in [5, 5.41) is 3.40. The zero-order chi connectivity index (χ0) is 11.4. The van der Waals surface area contributed by atoms with Gasteiger partial charge in [-0.25, -0.2) is 0 Å². The van der Waals surface area contributed by atoms with Gasteiger partial charge in [-0.15, -0.1) is 0 Å². The van der Waals surface area contributed by atoms with Crippen LogP contribution in [0.4, 0.5) is 0 Å². The lowest BCUT2D eigenvalue weighted by Crippen LogP contribution is -2.14. The first kappa shape index (κ1) is 11.5. The van der Waals surface area contributed by atoms with Gasteiger partial charge in [-0.2, -0.15) is 0 Å². The molecule has 2 aliphatic rings. The Morgan fingerprint density at radius 3 is 2.88 bits per heavy atom. The normalized spacial score (nSPS) is 20.1. The predicted octanol–water partition coefficient (Wildman–Crippen LogP) is 4.44. The third-order valence-corrected chi connectivity index (χ3v) is 3.79. The van der Waals surface area contributed by atoms with Crippen LogP contribution in [0, 0.1) is 0 Å². The lowest BCUT2D eigenvalue weighted by Gasteiger charge is -2.23. The molecule has 0 spiro atoms. The van der Waals surface area contributed by atoms with Crippen LogP contribution in [-0.2, 0) is 0 Å². The fourth-order valence-corrected chi connectivity index (χ4v) is 2.96. The van der Waals surface area contributed by atoms with Gasteiger partial charge in [0.05, 0.1) is 0 Å². The summed E-state index contributed by atoms with van der Waals surface area (Å²) in [5.41, 5.74) is 6.41. The minimum absolute atomic E-state index is 1.27. The Bertz CT molecular complexity index is 333. The Balaban J connectivity index is 2.21. The number of rotatable bonds is 5. The Kier molecular flexibility index (Phi) is 3.87. The number of unbranched alkanes of at least 4 members (excludes halogenated alkanes) is 1. The molecule has 0 heterocycles. The van der Waals surface area contributed by atoms with E-state index in [1.54, 1.807) is 16.7 Å². The van der Waals surface area contributed by atoms with Crippen molar-refractivity contribution in [3.05, 3.63) is 35.2 Å². The molecular weight excluding hydrogens is 194 g/mol. The smallest absolute Gasteiger partial charge is 0.0403 e. The highest BCUT2D eigenvalue weighted by molar-refractivity contribution is 5.44. The molecule has 1 N–H and O–H groups in total. The molecule has 0 atom stereocenters. The fraction of sp³-hybridized carbons (Fsp3) is 0.600. The molecule has 0 aromatic rings. The van der Waals surface area contributed by atoms with Gasteiger partial charge in [0.1, 0.15) is 0 Å². The number of nitrogens with one attached hydrogen (secondary N) is 1. The standard InChI is InChI=1S/C15H23N/c1-3-5-7-13-11-10-12-8-6-9-14(12)15(13)16-4-2/h4,16H,2-3,5-11H2,1H3. The Morgan fingerprint density at radius 1 is 1.25 bits per heavy atom. The SMILES string of the molecule is C=CNC1=C(CCCC)CCC2=C1CCC2. The molecule has 0 aliphatic heterocycles. The molecule has 88 valence electrons. The zero-order valence-corrected chi connectivity index (χ0v) is 10.4. The average molecular weight is 217 g/mol. The van der Waals surface area contributed by atoms with E-state index in [2.05, 4.69) is 18.8 Å². The van der Waals surface area contributed by atoms with E-state index < -0.39 is 0 Å². The highest BCUT2D eigenvalue weighted by Gasteiger charge is 2.23. The summed E-state index contributed by atoms with van der Waals surface area (Å²) in [5.74, 6) is 0. The van der Waals surface area contributed by atoms with Crippen LogP contribution in [0.25, 0.3) is 0 Å². The van der Waals surface area contributed by atoms with E-state index in [9.17, 15) is 0 Å². The second kappa shape index (κ2) is 5.38. The second-order valence-corrected chi connectivity index (χ2v) is 4.87. The van der Waals surface area contributed by atoms with Crippen molar-refractivity contribution >= 4 is 0 Å². The van der Waals surface area contributed by atoms with E-state index in [-0.39, 0.29) is 0 Å². The van der Waals surface area contributed by atoms with Gasteiger partial charge in [-0.3, -0.25) is 0 Å². The quantitative estimate of drug-likeness (QED) is 0.718. The molecule has 0 amide bonds. The summed E-state index contributed by atoms with van der Waals surface area (Å²) in [4.78, 5) is 0. The van der Waals surface area contributed by atoms with Crippen LogP contribution >= 0.6 is 0 Å². The van der Waals surface area contributed by atoms with Crippen molar-refractivity contribution in [3.8, 4) is 0 Å². The van der Waals surface area contributed by atoms with E-state index in [1.807, 2.05) is 6.20 Å². The molecular formula is C15H23N. The van der Waals surface area contributed by atoms with Gasteiger partial charge in [0.15, 0.2) is 0 Å². The Hall–Kier alpha value is -0.980. The molecule has 0 saturated carbocycles. The number of hydrogen-bond acceptors (Lipinski definition) is 1. The van der Waals surface area contributed by atoms with Gasteiger partial charge in [0, 0.05) is 5.70 Å². The first-order chi connectivity index (χ1) is 7.86. The maximum absolute atomic E-state index is 3.82. The topological polar surface area (TPSA) is 12.0 Å². The molecule has 1 heteroatoms. The molecule has 1 nitrogen and oxygen atoms in total. The molecule has 2 rings (SSSR count). The zero-order valence-electron chi connectivity index (χ0n) is 10.4. The first-order valence-corrected chi connectivity index (χ1v) is 6.67. The van der Waals surface area contributed by atoms with Crippen LogP contribution < -0.4 is 5.32 Å². The Morgan fingerprint density at radius 2 is 2.12 bits per heavy atom. The first-order valence-electron chi connectivity index (χ1n) is 6.67. The van der Waals surface area contributed by atoms with E-state index in [4.69, 9.17) is 0 Å².